The molecule has 1 aliphatic rings. The molecule has 1 amide bonds. The van der Waals surface area contributed by atoms with Crippen molar-refractivity contribution in [3.63, 3.8) is 0 Å². The van der Waals surface area contributed by atoms with Crippen molar-refractivity contribution < 1.29 is 4.79 Å². The van der Waals surface area contributed by atoms with Gasteiger partial charge in [0.25, 0.3) is 0 Å². The Morgan fingerprint density at radius 1 is 1.05 bits per heavy atom. The third kappa shape index (κ3) is 2.69. The highest BCUT2D eigenvalue weighted by Gasteiger charge is 2.37. The summed E-state index contributed by atoms with van der Waals surface area (Å²) < 4.78 is 0. The van der Waals surface area contributed by atoms with Crippen molar-refractivity contribution >= 4 is 52.0 Å². The number of nitrogens with zero attached hydrogens (tertiary/aromatic N) is 1. The minimum Gasteiger partial charge on any atom is -0.274 e. The van der Waals surface area contributed by atoms with E-state index in [4.69, 9.17) is 35.4 Å². The third-order valence-electron chi connectivity index (χ3n) is 3.51. The van der Waals surface area contributed by atoms with Crippen LogP contribution >= 0.6 is 35.4 Å². The van der Waals surface area contributed by atoms with Gasteiger partial charge in [-0.3, -0.25) is 9.69 Å². The van der Waals surface area contributed by atoms with Crippen LogP contribution in [0.1, 0.15) is 17.9 Å². The van der Waals surface area contributed by atoms with Crippen LogP contribution in [0.25, 0.3) is 0 Å². The summed E-state index contributed by atoms with van der Waals surface area (Å²) in [5, 5.41) is 0.866. The minimum absolute atomic E-state index is 0.0211. The van der Waals surface area contributed by atoms with E-state index in [1.54, 1.807) is 23.1 Å². The average molecular weight is 336 g/mol. The lowest BCUT2D eigenvalue weighted by Crippen LogP contribution is -2.28. The van der Waals surface area contributed by atoms with E-state index in [1.165, 1.54) is 0 Å². The summed E-state index contributed by atoms with van der Waals surface area (Å²) in [5.41, 5.74) is 1.72. The minimum atomic E-state index is -0.0665. The molecule has 1 heterocycles. The molecule has 0 spiro atoms. The van der Waals surface area contributed by atoms with Gasteiger partial charge in [0, 0.05) is 12.3 Å². The summed E-state index contributed by atoms with van der Waals surface area (Å²) in [6.07, 6.45) is 0.378. The molecule has 0 N–H and O–H groups in total. The molecular formula is C16H11Cl2NOS. The maximum Gasteiger partial charge on any atom is 0.233 e. The van der Waals surface area contributed by atoms with Crippen LogP contribution in [0.2, 0.25) is 10.0 Å². The number of benzene rings is 2. The van der Waals surface area contributed by atoms with Crippen LogP contribution in [0.15, 0.2) is 48.5 Å². The molecule has 2 aromatic rings. The summed E-state index contributed by atoms with van der Waals surface area (Å²) >= 11 is 17.5. The van der Waals surface area contributed by atoms with Gasteiger partial charge < -0.3 is 0 Å². The first kappa shape index (κ1) is 14.5. The van der Waals surface area contributed by atoms with Gasteiger partial charge in [-0.1, -0.05) is 65.8 Å². The van der Waals surface area contributed by atoms with E-state index in [2.05, 4.69) is 0 Å². The molecule has 2 nitrogen and oxygen atoms in total. The fraction of sp³-hybridized carbons (Fsp3) is 0.125. The Morgan fingerprint density at radius 2 is 1.76 bits per heavy atom. The van der Waals surface area contributed by atoms with Crippen LogP contribution in [0.4, 0.5) is 5.69 Å². The number of hydrogen-bond donors (Lipinski definition) is 0. The molecule has 3 rings (SSSR count). The number of halogens is 2. The van der Waals surface area contributed by atoms with Crippen molar-refractivity contribution in [2.75, 3.05) is 4.90 Å². The van der Waals surface area contributed by atoms with E-state index >= 15 is 0 Å². The molecule has 1 saturated heterocycles. The van der Waals surface area contributed by atoms with Crippen molar-refractivity contribution in [2.24, 2.45) is 0 Å². The molecule has 0 radical (unpaired) electrons. The van der Waals surface area contributed by atoms with Crippen molar-refractivity contribution in [1.82, 2.24) is 0 Å². The Kier molecular flexibility index (Phi) is 3.98. The first-order valence-corrected chi connectivity index (χ1v) is 7.61. The molecule has 5 heteroatoms. The molecule has 2 aromatic carbocycles. The highest BCUT2D eigenvalue weighted by atomic mass is 35.5. The second kappa shape index (κ2) is 5.76. The van der Waals surface area contributed by atoms with Gasteiger partial charge in [0.15, 0.2) is 0 Å². The largest absolute Gasteiger partial charge is 0.274 e. The van der Waals surface area contributed by atoms with Crippen LogP contribution in [0, 0.1) is 0 Å². The van der Waals surface area contributed by atoms with Gasteiger partial charge in [-0.15, -0.1) is 0 Å². The highest BCUT2D eigenvalue weighted by Crippen LogP contribution is 2.36. The first-order chi connectivity index (χ1) is 10.1. The monoisotopic (exact) mass is 335 g/mol. The Balaban J connectivity index is 1.96. The van der Waals surface area contributed by atoms with Gasteiger partial charge in [0.1, 0.15) is 0 Å². The second-order valence-corrected chi connectivity index (χ2v) is 6.07. The van der Waals surface area contributed by atoms with E-state index in [9.17, 15) is 4.79 Å². The van der Waals surface area contributed by atoms with E-state index in [1.807, 2.05) is 30.3 Å². The standard InChI is InChI=1S/C16H11Cl2NOS/c17-13-7-6-11(8-14(13)18)19-15(20)9-12(16(19)21)10-4-2-1-3-5-10/h1-8,12H,9H2. The van der Waals surface area contributed by atoms with Crippen LogP contribution in [-0.4, -0.2) is 10.9 Å². The molecule has 106 valence electrons. The zero-order valence-corrected chi connectivity index (χ0v) is 13.3. The van der Waals surface area contributed by atoms with Gasteiger partial charge in [0.2, 0.25) is 5.91 Å². The number of amides is 1. The van der Waals surface area contributed by atoms with Crippen LogP contribution in [0.5, 0.6) is 0 Å². The normalized spacial score (nSPS) is 18.4. The molecule has 1 aliphatic heterocycles. The van der Waals surface area contributed by atoms with E-state index < -0.39 is 0 Å². The Morgan fingerprint density at radius 3 is 2.43 bits per heavy atom. The molecule has 0 aromatic heterocycles. The van der Waals surface area contributed by atoms with Gasteiger partial charge in [-0.05, 0) is 23.8 Å². The molecule has 0 bridgehead atoms. The summed E-state index contributed by atoms with van der Waals surface area (Å²) in [6.45, 7) is 0. The van der Waals surface area contributed by atoms with Crippen molar-refractivity contribution in [3.05, 3.63) is 64.1 Å². The summed E-state index contributed by atoms with van der Waals surface area (Å²) in [7, 11) is 0. The number of carbonyl (C=O) groups is 1. The molecule has 1 fully saturated rings. The molecule has 1 unspecified atom stereocenters. The maximum atomic E-state index is 12.3. The van der Waals surface area contributed by atoms with Gasteiger partial charge in [-0.2, -0.15) is 0 Å². The lowest BCUT2D eigenvalue weighted by molar-refractivity contribution is -0.116. The SMILES string of the molecule is O=C1CC(c2ccccc2)C(=S)N1c1ccc(Cl)c(Cl)c1. The predicted molar refractivity (Wildman–Crippen MR) is 90.3 cm³/mol. The fourth-order valence-electron chi connectivity index (χ4n) is 2.47. The number of anilines is 1. The van der Waals surface area contributed by atoms with Gasteiger partial charge >= 0.3 is 0 Å². The van der Waals surface area contributed by atoms with E-state index in [0.29, 0.717) is 27.1 Å². The lowest BCUT2D eigenvalue weighted by Gasteiger charge is -2.18. The summed E-state index contributed by atoms with van der Waals surface area (Å²) in [6, 6.07) is 14.9. The maximum absolute atomic E-state index is 12.3. The zero-order chi connectivity index (χ0) is 15.0. The number of carbonyl (C=O) groups excluding carboxylic acids is 1. The van der Waals surface area contributed by atoms with Gasteiger partial charge in [-0.25, -0.2) is 0 Å². The fourth-order valence-corrected chi connectivity index (χ4v) is 3.19. The van der Waals surface area contributed by atoms with Crippen LogP contribution < -0.4 is 4.90 Å². The predicted octanol–water partition coefficient (Wildman–Crippen LogP) is 4.84. The highest BCUT2D eigenvalue weighted by molar-refractivity contribution is 7.80. The topological polar surface area (TPSA) is 20.3 Å². The summed E-state index contributed by atoms with van der Waals surface area (Å²) in [4.78, 5) is 14.5. The van der Waals surface area contributed by atoms with Crippen molar-refractivity contribution in [3.8, 4) is 0 Å². The zero-order valence-electron chi connectivity index (χ0n) is 10.9. The summed E-state index contributed by atoms with van der Waals surface area (Å²) in [5.74, 6) is -0.0876. The average Bonchev–Trinajstić information content (AvgIpc) is 2.78. The van der Waals surface area contributed by atoms with Crippen LogP contribution in [-0.2, 0) is 4.79 Å². The molecule has 0 saturated carbocycles. The van der Waals surface area contributed by atoms with Crippen molar-refractivity contribution in [2.45, 2.75) is 12.3 Å². The van der Waals surface area contributed by atoms with Gasteiger partial charge in [0.05, 0.1) is 20.7 Å². The lowest BCUT2D eigenvalue weighted by atomic mass is 9.98. The molecule has 1 atom stereocenters. The smallest absolute Gasteiger partial charge is 0.233 e. The Bertz CT molecular complexity index is 717. The molecular weight excluding hydrogens is 325 g/mol. The Labute approximate surface area is 138 Å². The third-order valence-corrected chi connectivity index (χ3v) is 4.72. The van der Waals surface area contributed by atoms with Crippen LogP contribution in [0.3, 0.4) is 0 Å². The first-order valence-electron chi connectivity index (χ1n) is 6.44. The number of thiocarbonyl (C=S) groups is 1. The number of hydrogen-bond acceptors (Lipinski definition) is 2. The molecule has 0 aliphatic carbocycles. The van der Waals surface area contributed by atoms with Crippen molar-refractivity contribution in [1.29, 1.82) is 0 Å². The quantitative estimate of drug-likeness (QED) is 0.732. The second-order valence-electron chi connectivity index (χ2n) is 4.83. The Hall–Kier alpha value is -1.42. The number of rotatable bonds is 2. The van der Waals surface area contributed by atoms with E-state index in [-0.39, 0.29) is 11.8 Å². The molecule has 21 heavy (non-hydrogen) atoms. The van der Waals surface area contributed by atoms with E-state index in [0.717, 1.165) is 5.56 Å².